The molecule has 2 aromatic carbocycles. The summed E-state index contributed by atoms with van der Waals surface area (Å²) in [6.07, 6.45) is 0.376. The van der Waals surface area contributed by atoms with Gasteiger partial charge in [0.2, 0.25) is 0 Å². The first-order chi connectivity index (χ1) is 12.1. The number of halogens is 2. The number of rotatable bonds is 7. The first kappa shape index (κ1) is 20.2. The molecule has 0 aliphatic heterocycles. The van der Waals surface area contributed by atoms with Gasteiger partial charge in [0.05, 0.1) is 12.6 Å². The summed E-state index contributed by atoms with van der Waals surface area (Å²) >= 11 is 0. The molecule has 1 atom stereocenters. The molecule has 3 rings (SSSR count). The summed E-state index contributed by atoms with van der Waals surface area (Å²) in [5, 5.41) is 12.9. The molecule has 1 unspecified atom stereocenters. The van der Waals surface area contributed by atoms with Gasteiger partial charge in [-0.15, -0.1) is 12.4 Å². The van der Waals surface area contributed by atoms with Gasteiger partial charge in [-0.05, 0) is 55.3 Å². The van der Waals surface area contributed by atoms with Gasteiger partial charge in [-0.3, -0.25) is 0 Å². The zero-order valence-corrected chi connectivity index (χ0v) is 15.4. The maximum Gasteiger partial charge on any atom is 0.134 e. The van der Waals surface area contributed by atoms with Crippen molar-refractivity contribution in [2.75, 3.05) is 6.54 Å². The molecular formula is C21H23ClFNO2. The first-order valence-corrected chi connectivity index (χ1v) is 8.44. The van der Waals surface area contributed by atoms with Crippen LogP contribution in [-0.4, -0.2) is 11.7 Å². The van der Waals surface area contributed by atoms with Gasteiger partial charge in [0.15, 0.2) is 0 Å². The Hall–Kier alpha value is -2.14. The number of nitrogens with one attached hydrogen (secondary N) is 1. The average Bonchev–Trinajstić information content (AvgIpc) is 3.09. The number of hydrogen-bond acceptors (Lipinski definition) is 3. The molecule has 0 amide bonds. The second-order valence-corrected chi connectivity index (χ2v) is 6.12. The van der Waals surface area contributed by atoms with Crippen LogP contribution in [0.2, 0.25) is 0 Å². The Balaban J connectivity index is 0.00000243. The summed E-state index contributed by atoms with van der Waals surface area (Å²) in [6, 6.07) is 18.2. The molecule has 1 heterocycles. The van der Waals surface area contributed by atoms with Crippen molar-refractivity contribution in [3.05, 3.63) is 83.4 Å². The fourth-order valence-electron chi connectivity index (χ4n) is 2.65. The molecule has 5 heteroatoms. The average molecular weight is 376 g/mol. The predicted octanol–water partition coefficient (Wildman–Crippen LogP) is 4.89. The maximum atomic E-state index is 12.9. The third kappa shape index (κ3) is 5.43. The molecule has 0 fully saturated rings. The van der Waals surface area contributed by atoms with Crippen LogP contribution in [0, 0.1) is 5.82 Å². The minimum atomic E-state index is -0.466. The van der Waals surface area contributed by atoms with Crippen LogP contribution in [0.25, 0.3) is 11.3 Å². The van der Waals surface area contributed by atoms with Crippen LogP contribution < -0.4 is 5.32 Å². The van der Waals surface area contributed by atoms with Crippen LogP contribution in [0.1, 0.15) is 29.9 Å². The zero-order chi connectivity index (χ0) is 17.6. The second-order valence-electron chi connectivity index (χ2n) is 6.12. The molecule has 0 aliphatic carbocycles. The quantitative estimate of drug-likeness (QED) is 0.578. The van der Waals surface area contributed by atoms with Crippen LogP contribution in [0.3, 0.4) is 0 Å². The van der Waals surface area contributed by atoms with Crippen LogP contribution in [0.15, 0.2) is 65.1 Å². The van der Waals surface area contributed by atoms with Gasteiger partial charge in [0, 0.05) is 5.56 Å². The van der Waals surface area contributed by atoms with E-state index in [-0.39, 0.29) is 18.2 Å². The highest BCUT2D eigenvalue weighted by Crippen LogP contribution is 2.24. The molecule has 0 spiro atoms. The molecule has 0 bridgehead atoms. The number of aliphatic hydroxyl groups is 1. The van der Waals surface area contributed by atoms with Crippen molar-refractivity contribution >= 4 is 12.4 Å². The lowest BCUT2D eigenvalue weighted by Crippen LogP contribution is -2.16. The summed E-state index contributed by atoms with van der Waals surface area (Å²) in [4.78, 5) is 0. The van der Waals surface area contributed by atoms with Gasteiger partial charge in [0.1, 0.15) is 17.3 Å². The lowest BCUT2D eigenvalue weighted by Gasteiger charge is -2.05. The fourth-order valence-corrected chi connectivity index (χ4v) is 2.65. The van der Waals surface area contributed by atoms with Gasteiger partial charge >= 0.3 is 0 Å². The van der Waals surface area contributed by atoms with Gasteiger partial charge in [0.25, 0.3) is 0 Å². The van der Waals surface area contributed by atoms with Crippen molar-refractivity contribution in [2.45, 2.75) is 26.0 Å². The number of aliphatic hydroxyl groups excluding tert-OH is 1. The van der Waals surface area contributed by atoms with E-state index in [0.717, 1.165) is 41.2 Å². The minimum absolute atomic E-state index is 0. The summed E-state index contributed by atoms with van der Waals surface area (Å²) in [5.74, 6) is 1.47. The lowest BCUT2D eigenvalue weighted by atomic mass is 10.1. The van der Waals surface area contributed by atoms with Gasteiger partial charge in [-0.25, -0.2) is 4.39 Å². The lowest BCUT2D eigenvalue weighted by molar-refractivity contribution is 0.199. The molecule has 0 saturated carbocycles. The van der Waals surface area contributed by atoms with Gasteiger partial charge in [-0.2, -0.15) is 0 Å². The van der Waals surface area contributed by atoms with Crippen molar-refractivity contribution in [1.29, 1.82) is 0 Å². The molecular weight excluding hydrogens is 353 g/mol. The largest absolute Gasteiger partial charge is 0.460 e. The standard InChI is InChI=1S/C21H22FNO2.ClH/c1-15(24)17-4-6-18(7-5-17)21-11-10-20(25-21)14-23-13-12-16-2-8-19(22)9-3-16;/h2-11,15,23-24H,12-14H2,1H3;1H. The van der Waals surface area contributed by atoms with E-state index in [2.05, 4.69) is 5.32 Å². The third-order valence-electron chi connectivity index (χ3n) is 4.14. The fraction of sp³-hybridized carbons (Fsp3) is 0.238. The van der Waals surface area contributed by atoms with E-state index >= 15 is 0 Å². The van der Waals surface area contributed by atoms with Crippen molar-refractivity contribution in [1.82, 2.24) is 5.32 Å². The van der Waals surface area contributed by atoms with Gasteiger partial charge < -0.3 is 14.8 Å². The van der Waals surface area contributed by atoms with E-state index in [1.54, 1.807) is 19.1 Å². The summed E-state index contributed by atoms with van der Waals surface area (Å²) in [7, 11) is 0. The molecule has 3 nitrogen and oxygen atoms in total. The summed E-state index contributed by atoms with van der Waals surface area (Å²) < 4.78 is 18.7. The maximum absolute atomic E-state index is 12.9. The molecule has 138 valence electrons. The Morgan fingerprint density at radius 1 is 1.00 bits per heavy atom. The second kappa shape index (κ2) is 9.53. The molecule has 0 saturated heterocycles. The Morgan fingerprint density at radius 2 is 1.69 bits per heavy atom. The van der Waals surface area contributed by atoms with E-state index in [1.807, 2.05) is 36.4 Å². The monoisotopic (exact) mass is 375 g/mol. The highest BCUT2D eigenvalue weighted by atomic mass is 35.5. The SMILES string of the molecule is CC(O)c1ccc(-c2ccc(CNCCc3ccc(F)cc3)o2)cc1.Cl. The van der Waals surface area contributed by atoms with E-state index in [4.69, 9.17) is 4.42 Å². The Bertz CT molecular complexity index is 798. The van der Waals surface area contributed by atoms with E-state index in [9.17, 15) is 9.50 Å². The van der Waals surface area contributed by atoms with Crippen LogP contribution >= 0.6 is 12.4 Å². The third-order valence-corrected chi connectivity index (χ3v) is 4.14. The van der Waals surface area contributed by atoms with Crippen LogP contribution in [-0.2, 0) is 13.0 Å². The van der Waals surface area contributed by atoms with E-state index in [0.29, 0.717) is 6.54 Å². The Labute approximate surface area is 159 Å². The predicted molar refractivity (Wildman–Crippen MR) is 104 cm³/mol. The number of benzene rings is 2. The molecule has 3 aromatic rings. The Morgan fingerprint density at radius 3 is 2.35 bits per heavy atom. The smallest absolute Gasteiger partial charge is 0.134 e. The van der Waals surface area contributed by atoms with Crippen molar-refractivity contribution in [3.8, 4) is 11.3 Å². The van der Waals surface area contributed by atoms with Crippen LogP contribution in [0.5, 0.6) is 0 Å². The van der Waals surface area contributed by atoms with E-state index < -0.39 is 6.10 Å². The topological polar surface area (TPSA) is 45.4 Å². The molecule has 0 aliphatic rings. The van der Waals surface area contributed by atoms with Crippen LogP contribution in [0.4, 0.5) is 4.39 Å². The minimum Gasteiger partial charge on any atom is -0.460 e. The molecule has 1 aromatic heterocycles. The summed E-state index contributed by atoms with van der Waals surface area (Å²) in [6.45, 7) is 3.19. The number of hydrogen-bond donors (Lipinski definition) is 2. The normalized spacial score (nSPS) is 11.8. The van der Waals surface area contributed by atoms with Crippen molar-refractivity contribution in [2.24, 2.45) is 0 Å². The zero-order valence-electron chi connectivity index (χ0n) is 14.6. The Kier molecular flexibility index (Phi) is 7.39. The van der Waals surface area contributed by atoms with Crippen molar-refractivity contribution in [3.63, 3.8) is 0 Å². The van der Waals surface area contributed by atoms with E-state index in [1.165, 1.54) is 12.1 Å². The molecule has 26 heavy (non-hydrogen) atoms. The molecule has 0 radical (unpaired) electrons. The molecule has 2 N–H and O–H groups in total. The summed E-state index contributed by atoms with van der Waals surface area (Å²) in [5.41, 5.74) is 2.98. The number of furan rings is 1. The highest BCUT2D eigenvalue weighted by molar-refractivity contribution is 5.85. The van der Waals surface area contributed by atoms with Crippen molar-refractivity contribution < 1.29 is 13.9 Å². The first-order valence-electron chi connectivity index (χ1n) is 8.44. The highest BCUT2D eigenvalue weighted by Gasteiger charge is 2.06. The van der Waals surface area contributed by atoms with Gasteiger partial charge in [-0.1, -0.05) is 36.4 Å².